The molecule has 0 aliphatic heterocycles. The first kappa shape index (κ1) is 14.8. The molecule has 0 spiro atoms. The lowest BCUT2D eigenvalue weighted by atomic mass is 10.1. The van der Waals surface area contributed by atoms with E-state index >= 15 is 0 Å². The lowest BCUT2D eigenvalue weighted by Crippen LogP contribution is -2.43. The van der Waals surface area contributed by atoms with Crippen LogP contribution in [0.15, 0.2) is 18.2 Å². The minimum Gasteiger partial charge on any atom is -0.483 e. The van der Waals surface area contributed by atoms with Crippen LogP contribution in [0.2, 0.25) is 0 Å². The van der Waals surface area contributed by atoms with E-state index < -0.39 is 5.91 Å². The molecule has 6 nitrogen and oxygen atoms in total. The van der Waals surface area contributed by atoms with Gasteiger partial charge in [-0.3, -0.25) is 9.59 Å². The van der Waals surface area contributed by atoms with Gasteiger partial charge in [-0.25, -0.2) is 0 Å². The minimum absolute atomic E-state index is 0.192. The Morgan fingerprint density at radius 3 is 2.47 bits per heavy atom. The number of anilines is 1. The van der Waals surface area contributed by atoms with Crippen LogP contribution in [0.5, 0.6) is 5.75 Å². The Morgan fingerprint density at radius 1 is 1.32 bits per heavy atom. The molecule has 0 radical (unpaired) electrons. The van der Waals surface area contributed by atoms with Gasteiger partial charge < -0.3 is 21.5 Å². The molecule has 0 saturated carbocycles. The highest BCUT2D eigenvalue weighted by molar-refractivity contribution is 5.96. The summed E-state index contributed by atoms with van der Waals surface area (Å²) < 4.78 is 5.29. The number of carbonyl (C=O) groups excluding carboxylic acids is 2. The molecule has 0 bridgehead atoms. The van der Waals surface area contributed by atoms with Crippen molar-refractivity contribution in [3.63, 3.8) is 0 Å². The van der Waals surface area contributed by atoms with Crippen molar-refractivity contribution in [1.82, 2.24) is 5.32 Å². The number of hydrogen-bond acceptors (Lipinski definition) is 4. The van der Waals surface area contributed by atoms with E-state index in [1.807, 2.05) is 20.8 Å². The second-order valence-corrected chi connectivity index (χ2v) is 5.21. The summed E-state index contributed by atoms with van der Waals surface area (Å²) in [6.07, 6.45) is 0. The molecule has 1 rings (SSSR count). The van der Waals surface area contributed by atoms with E-state index in [1.165, 1.54) is 12.1 Å². The molecule has 0 aliphatic carbocycles. The average Bonchev–Trinajstić information content (AvgIpc) is 2.23. The molecule has 0 heterocycles. The maximum Gasteiger partial charge on any atom is 0.258 e. The van der Waals surface area contributed by atoms with Crippen LogP contribution in [0.4, 0.5) is 5.69 Å². The van der Waals surface area contributed by atoms with Gasteiger partial charge in [0.25, 0.3) is 11.8 Å². The average molecular weight is 265 g/mol. The van der Waals surface area contributed by atoms with Crippen LogP contribution >= 0.6 is 0 Å². The lowest BCUT2D eigenvalue weighted by molar-refractivity contribution is -0.124. The third kappa shape index (κ3) is 4.87. The number of rotatable bonds is 4. The smallest absolute Gasteiger partial charge is 0.258 e. The van der Waals surface area contributed by atoms with E-state index in [0.29, 0.717) is 5.69 Å². The second kappa shape index (κ2) is 5.60. The van der Waals surface area contributed by atoms with Gasteiger partial charge in [0.15, 0.2) is 6.61 Å². The third-order valence-electron chi connectivity index (χ3n) is 2.14. The van der Waals surface area contributed by atoms with E-state index in [4.69, 9.17) is 16.2 Å². The monoisotopic (exact) mass is 265 g/mol. The summed E-state index contributed by atoms with van der Waals surface area (Å²) in [6.45, 7) is 5.38. The summed E-state index contributed by atoms with van der Waals surface area (Å²) in [7, 11) is 0. The normalized spacial score (nSPS) is 10.9. The molecule has 6 heteroatoms. The largest absolute Gasteiger partial charge is 0.483 e. The van der Waals surface area contributed by atoms with E-state index in [2.05, 4.69) is 5.32 Å². The maximum atomic E-state index is 11.6. The van der Waals surface area contributed by atoms with E-state index in [-0.39, 0.29) is 29.4 Å². The molecule has 0 unspecified atom stereocenters. The number of primary amides is 1. The number of nitrogens with two attached hydrogens (primary N) is 2. The summed E-state index contributed by atoms with van der Waals surface area (Å²) in [6, 6.07) is 4.47. The first-order chi connectivity index (χ1) is 8.69. The van der Waals surface area contributed by atoms with Gasteiger partial charge in [-0.2, -0.15) is 0 Å². The van der Waals surface area contributed by atoms with Gasteiger partial charge in [-0.15, -0.1) is 0 Å². The predicted octanol–water partition coefficient (Wildman–Crippen LogP) is 0.661. The molecular weight excluding hydrogens is 246 g/mol. The molecule has 2 amide bonds. The molecule has 104 valence electrons. The molecular formula is C13H19N3O3. The maximum absolute atomic E-state index is 11.6. The highest BCUT2D eigenvalue weighted by Crippen LogP contribution is 2.21. The molecule has 0 aromatic heterocycles. The van der Waals surface area contributed by atoms with Crippen LogP contribution in [0, 0.1) is 0 Å². The first-order valence-corrected chi connectivity index (χ1v) is 5.82. The van der Waals surface area contributed by atoms with Crippen molar-refractivity contribution in [2.24, 2.45) is 5.73 Å². The van der Waals surface area contributed by atoms with Gasteiger partial charge in [-0.05, 0) is 32.9 Å². The zero-order valence-corrected chi connectivity index (χ0v) is 11.3. The molecule has 0 fully saturated rings. The van der Waals surface area contributed by atoms with Crippen molar-refractivity contribution < 1.29 is 14.3 Å². The van der Waals surface area contributed by atoms with Crippen LogP contribution in [0.1, 0.15) is 31.1 Å². The lowest BCUT2D eigenvalue weighted by Gasteiger charge is -2.20. The third-order valence-corrected chi connectivity index (χ3v) is 2.14. The summed E-state index contributed by atoms with van der Waals surface area (Å²) in [5, 5.41) is 2.74. The number of hydrogen-bond donors (Lipinski definition) is 3. The Balaban J connectivity index is 2.75. The van der Waals surface area contributed by atoms with E-state index in [0.717, 1.165) is 0 Å². The van der Waals surface area contributed by atoms with Gasteiger partial charge >= 0.3 is 0 Å². The summed E-state index contributed by atoms with van der Waals surface area (Å²) >= 11 is 0. The van der Waals surface area contributed by atoms with Crippen molar-refractivity contribution >= 4 is 17.5 Å². The number of amides is 2. The molecule has 0 saturated heterocycles. The number of benzene rings is 1. The molecule has 1 aromatic carbocycles. The highest BCUT2D eigenvalue weighted by atomic mass is 16.5. The van der Waals surface area contributed by atoms with Crippen LogP contribution in [-0.4, -0.2) is 24.0 Å². The van der Waals surface area contributed by atoms with Crippen LogP contribution < -0.4 is 21.5 Å². The molecule has 0 atom stereocenters. The number of nitrogen functional groups attached to an aromatic ring is 1. The van der Waals surface area contributed by atoms with Gasteiger partial charge in [0.1, 0.15) is 5.75 Å². The number of ether oxygens (including phenoxy) is 1. The zero-order chi connectivity index (χ0) is 14.6. The van der Waals surface area contributed by atoms with E-state index in [9.17, 15) is 9.59 Å². The highest BCUT2D eigenvalue weighted by Gasteiger charge is 2.15. The van der Waals surface area contributed by atoms with Crippen LogP contribution in [0.3, 0.4) is 0 Å². The number of nitrogens with one attached hydrogen (secondary N) is 1. The SMILES string of the molecule is CC(C)(C)NC(=O)COc1cc(N)ccc1C(N)=O. The fourth-order valence-electron chi connectivity index (χ4n) is 1.46. The topological polar surface area (TPSA) is 107 Å². The van der Waals surface area contributed by atoms with Crippen LogP contribution in [-0.2, 0) is 4.79 Å². The summed E-state index contributed by atoms with van der Waals surface area (Å²) in [5.41, 5.74) is 11.1. The zero-order valence-electron chi connectivity index (χ0n) is 11.3. The predicted molar refractivity (Wildman–Crippen MR) is 72.8 cm³/mol. The Kier molecular flexibility index (Phi) is 4.37. The van der Waals surface area contributed by atoms with Crippen LogP contribution in [0.25, 0.3) is 0 Å². The fourth-order valence-corrected chi connectivity index (χ4v) is 1.46. The Bertz CT molecular complexity index is 492. The fraction of sp³-hybridized carbons (Fsp3) is 0.385. The molecule has 1 aromatic rings. The number of carbonyl (C=O) groups is 2. The summed E-state index contributed by atoms with van der Waals surface area (Å²) in [5.74, 6) is -0.715. The molecule has 0 aliphatic rings. The van der Waals surface area contributed by atoms with Crippen molar-refractivity contribution in [2.45, 2.75) is 26.3 Å². The Labute approximate surface area is 112 Å². The minimum atomic E-state index is -0.633. The van der Waals surface area contributed by atoms with Gasteiger partial charge in [0.2, 0.25) is 0 Å². The van der Waals surface area contributed by atoms with Crippen molar-refractivity contribution in [3.8, 4) is 5.75 Å². The van der Waals surface area contributed by atoms with Crippen molar-refractivity contribution in [1.29, 1.82) is 0 Å². The Morgan fingerprint density at radius 2 is 1.95 bits per heavy atom. The Hall–Kier alpha value is -2.24. The standard InChI is InChI=1S/C13H19N3O3/c1-13(2,3)16-11(17)7-19-10-6-8(14)4-5-9(10)12(15)18/h4-6H,7,14H2,1-3H3,(H2,15,18)(H,16,17). The van der Waals surface area contributed by atoms with Gasteiger partial charge in [0.05, 0.1) is 5.56 Å². The summed E-state index contributed by atoms with van der Waals surface area (Å²) in [4.78, 5) is 22.8. The second-order valence-electron chi connectivity index (χ2n) is 5.21. The van der Waals surface area contributed by atoms with Gasteiger partial charge in [0, 0.05) is 17.3 Å². The quantitative estimate of drug-likeness (QED) is 0.695. The van der Waals surface area contributed by atoms with Gasteiger partial charge in [-0.1, -0.05) is 0 Å². The molecule has 19 heavy (non-hydrogen) atoms. The van der Waals surface area contributed by atoms with Crippen molar-refractivity contribution in [3.05, 3.63) is 23.8 Å². The molecule has 5 N–H and O–H groups in total. The first-order valence-electron chi connectivity index (χ1n) is 5.82. The van der Waals surface area contributed by atoms with E-state index in [1.54, 1.807) is 6.07 Å². The van der Waals surface area contributed by atoms with Crippen molar-refractivity contribution in [2.75, 3.05) is 12.3 Å².